The minimum absolute atomic E-state index is 0.0961. The summed E-state index contributed by atoms with van der Waals surface area (Å²) in [6, 6.07) is 4.62. The lowest BCUT2D eigenvalue weighted by atomic mass is 10.3. The summed E-state index contributed by atoms with van der Waals surface area (Å²) in [5.74, 6) is 0.407. The number of hydrogen-bond donors (Lipinski definition) is 2. The molecule has 0 atom stereocenters. The number of nitrogens with zero attached hydrogens (tertiary/aromatic N) is 4. The molecule has 1 heterocycles. The highest BCUT2D eigenvalue weighted by molar-refractivity contribution is 9.10. The molecule has 100 valence electrons. The van der Waals surface area contributed by atoms with Crippen LogP contribution in [0.4, 0.5) is 27.9 Å². The van der Waals surface area contributed by atoms with Crippen molar-refractivity contribution in [2.75, 3.05) is 30.0 Å². The standard InChI is InChI=1S/C11H12BrFN6/c1-19(2)11-17-9(14)16-10(18-11)15-6-3-4-7(12)8(13)5-6/h3-5H,1-2H3,(H3,14,15,16,17,18). The van der Waals surface area contributed by atoms with Crippen molar-refractivity contribution in [1.82, 2.24) is 15.0 Å². The van der Waals surface area contributed by atoms with Crippen LogP contribution in [-0.4, -0.2) is 29.0 Å². The maximum Gasteiger partial charge on any atom is 0.233 e. The predicted octanol–water partition coefficient (Wildman–Crippen LogP) is 2.17. The van der Waals surface area contributed by atoms with Crippen LogP contribution in [0.25, 0.3) is 0 Å². The summed E-state index contributed by atoms with van der Waals surface area (Å²) < 4.78 is 13.8. The topological polar surface area (TPSA) is 80.0 Å². The number of benzene rings is 1. The minimum atomic E-state index is -0.375. The predicted molar refractivity (Wildman–Crippen MR) is 75.9 cm³/mol. The third-order valence-electron chi connectivity index (χ3n) is 2.22. The van der Waals surface area contributed by atoms with Gasteiger partial charge in [0, 0.05) is 19.8 Å². The second kappa shape index (κ2) is 5.35. The second-order valence-corrected chi connectivity index (χ2v) is 4.82. The van der Waals surface area contributed by atoms with Gasteiger partial charge in [0.1, 0.15) is 5.82 Å². The first-order chi connectivity index (χ1) is 8.95. The van der Waals surface area contributed by atoms with Gasteiger partial charge in [0.25, 0.3) is 0 Å². The Balaban J connectivity index is 2.29. The SMILES string of the molecule is CN(C)c1nc(N)nc(Nc2ccc(Br)c(F)c2)n1. The monoisotopic (exact) mass is 326 g/mol. The smallest absolute Gasteiger partial charge is 0.233 e. The van der Waals surface area contributed by atoms with Crippen LogP contribution in [0.3, 0.4) is 0 Å². The number of aromatic nitrogens is 3. The third-order valence-corrected chi connectivity index (χ3v) is 2.86. The maximum atomic E-state index is 13.4. The molecular formula is C11H12BrFN6. The molecule has 0 aliphatic rings. The molecule has 2 rings (SSSR count). The van der Waals surface area contributed by atoms with Crippen molar-refractivity contribution in [2.24, 2.45) is 0 Å². The molecule has 1 aromatic heterocycles. The van der Waals surface area contributed by atoms with Crippen LogP contribution in [0.15, 0.2) is 22.7 Å². The Kier molecular flexibility index (Phi) is 3.79. The third kappa shape index (κ3) is 3.28. The average Bonchev–Trinajstić information content (AvgIpc) is 2.33. The van der Waals surface area contributed by atoms with Crippen molar-refractivity contribution in [3.63, 3.8) is 0 Å². The normalized spacial score (nSPS) is 10.3. The van der Waals surface area contributed by atoms with Crippen LogP contribution < -0.4 is 16.0 Å². The maximum absolute atomic E-state index is 13.4. The Hall–Kier alpha value is -1.96. The van der Waals surface area contributed by atoms with Gasteiger partial charge in [-0.25, -0.2) is 4.39 Å². The lowest BCUT2D eigenvalue weighted by Crippen LogP contribution is -2.15. The summed E-state index contributed by atoms with van der Waals surface area (Å²) in [5.41, 5.74) is 6.12. The number of anilines is 4. The van der Waals surface area contributed by atoms with Crippen molar-refractivity contribution in [2.45, 2.75) is 0 Å². The molecule has 0 spiro atoms. The van der Waals surface area contributed by atoms with Gasteiger partial charge in [-0.15, -0.1) is 0 Å². The van der Waals surface area contributed by atoms with Gasteiger partial charge >= 0.3 is 0 Å². The Bertz CT molecular complexity index is 604. The van der Waals surface area contributed by atoms with E-state index < -0.39 is 0 Å². The minimum Gasteiger partial charge on any atom is -0.368 e. The van der Waals surface area contributed by atoms with Gasteiger partial charge in [-0.05, 0) is 34.1 Å². The van der Waals surface area contributed by atoms with Crippen molar-refractivity contribution >= 4 is 39.5 Å². The van der Waals surface area contributed by atoms with E-state index in [1.165, 1.54) is 6.07 Å². The number of hydrogen-bond acceptors (Lipinski definition) is 6. The zero-order valence-electron chi connectivity index (χ0n) is 10.4. The van der Waals surface area contributed by atoms with Crippen molar-refractivity contribution in [1.29, 1.82) is 0 Å². The lowest BCUT2D eigenvalue weighted by molar-refractivity contribution is 0.622. The summed E-state index contributed by atoms with van der Waals surface area (Å²) in [6.07, 6.45) is 0. The fraction of sp³-hybridized carbons (Fsp3) is 0.182. The Morgan fingerprint density at radius 1 is 1.26 bits per heavy atom. The van der Waals surface area contributed by atoms with E-state index in [1.54, 1.807) is 31.1 Å². The Labute approximate surface area is 118 Å². The molecule has 3 N–H and O–H groups in total. The van der Waals surface area contributed by atoms with Crippen LogP contribution >= 0.6 is 15.9 Å². The van der Waals surface area contributed by atoms with Gasteiger partial charge in [-0.1, -0.05) is 0 Å². The highest BCUT2D eigenvalue weighted by Crippen LogP contribution is 2.21. The van der Waals surface area contributed by atoms with E-state index in [0.717, 1.165) is 0 Å². The van der Waals surface area contributed by atoms with Gasteiger partial charge in [0.2, 0.25) is 17.8 Å². The Morgan fingerprint density at radius 2 is 2.00 bits per heavy atom. The largest absolute Gasteiger partial charge is 0.368 e. The highest BCUT2D eigenvalue weighted by atomic mass is 79.9. The summed E-state index contributed by atoms with van der Waals surface area (Å²) in [4.78, 5) is 13.8. The van der Waals surface area contributed by atoms with Crippen LogP contribution in [0.5, 0.6) is 0 Å². The number of nitrogens with one attached hydrogen (secondary N) is 1. The van der Waals surface area contributed by atoms with Crippen molar-refractivity contribution < 1.29 is 4.39 Å². The molecule has 0 saturated carbocycles. The van der Waals surface area contributed by atoms with Gasteiger partial charge in [0.05, 0.1) is 4.47 Å². The first-order valence-corrected chi connectivity index (χ1v) is 6.16. The van der Waals surface area contributed by atoms with E-state index in [1.807, 2.05) is 0 Å². The van der Waals surface area contributed by atoms with E-state index in [0.29, 0.717) is 16.1 Å². The fourth-order valence-electron chi connectivity index (χ4n) is 1.34. The number of nitrogen functional groups attached to an aromatic ring is 1. The van der Waals surface area contributed by atoms with E-state index in [4.69, 9.17) is 5.73 Å². The first kappa shape index (κ1) is 13.5. The summed E-state index contributed by atoms with van der Waals surface area (Å²) >= 11 is 3.09. The zero-order chi connectivity index (χ0) is 14.0. The number of halogens is 2. The summed E-state index contributed by atoms with van der Waals surface area (Å²) in [7, 11) is 3.58. The van der Waals surface area contributed by atoms with Gasteiger partial charge in [-0.3, -0.25) is 0 Å². The first-order valence-electron chi connectivity index (χ1n) is 5.36. The van der Waals surface area contributed by atoms with Crippen LogP contribution in [-0.2, 0) is 0 Å². The van der Waals surface area contributed by atoms with Crippen molar-refractivity contribution in [3.05, 3.63) is 28.5 Å². The molecule has 0 aliphatic carbocycles. The molecule has 1 aromatic carbocycles. The van der Waals surface area contributed by atoms with Crippen LogP contribution in [0, 0.1) is 5.82 Å². The molecule has 2 aromatic rings. The van der Waals surface area contributed by atoms with E-state index >= 15 is 0 Å². The molecular weight excluding hydrogens is 315 g/mol. The molecule has 0 fully saturated rings. The van der Waals surface area contributed by atoms with E-state index in [9.17, 15) is 4.39 Å². The Morgan fingerprint density at radius 3 is 2.63 bits per heavy atom. The fourth-order valence-corrected chi connectivity index (χ4v) is 1.59. The van der Waals surface area contributed by atoms with E-state index in [2.05, 4.69) is 36.2 Å². The molecule has 6 nitrogen and oxygen atoms in total. The molecule has 0 bridgehead atoms. The summed E-state index contributed by atoms with van der Waals surface area (Å²) in [5, 5.41) is 2.88. The number of nitrogens with two attached hydrogens (primary N) is 1. The number of rotatable bonds is 3. The molecule has 0 unspecified atom stereocenters. The highest BCUT2D eigenvalue weighted by Gasteiger charge is 2.07. The van der Waals surface area contributed by atoms with Gasteiger partial charge < -0.3 is 16.0 Å². The van der Waals surface area contributed by atoms with Crippen molar-refractivity contribution in [3.8, 4) is 0 Å². The van der Waals surface area contributed by atoms with Gasteiger partial charge in [0.15, 0.2) is 0 Å². The molecule has 8 heteroatoms. The lowest BCUT2D eigenvalue weighted by Gasteiger charge is -2.12. The molecule has 0 radical (unpaired) electrons. The zero-order valence-corrected chi connectivity index (χ0v) is 11.9. The second-order valence-electron chi connectivity index (χ2n) is 3.97. The molecule has 0 amide bonds. The quantitative estimate of drug-likeness (QED) is 0.899. The molecule has 0 saturated heterocycles. The van der Waals surface area contributed by atoms with Crippen LogP contribution in [0.2, 0.25) is 0 Å². The van der Waals surface area contributed by atoms with Crippen LogP contribution in [0.1, 0.15) is 0 Å². The average molecular weight is 327 g/mol. The molecule has 0 aliphatic heterocycles. The summed E-state index contributed by atoms with van der Waals surface area (Å²) in [6.45, 7) is 0. The van der Waals surface area contributed by atoms with Gasteiger partial charge in [-0.2, -0.15) is 15.0 Å². The van der Waals surface area contributed by atoms with E-state index in [-0.39, 0.29) is 17.7 Å². The molecule has 19 heavy (non-hydrogen) atoms.